The van der Waals surface area contributed by atoms with Gasteiger partial charge in [0, 0.05) is 25.6 Å². The molecule has 0 aliphatic carbocycles. The summed E-state index contributed by atoms with van der Waals surface area (Å²) in [5.41, 5.74) is 0.479. The van der Waals surface area contributed by atoms with Crippen molar-refractivity contribution in [3.05, 3.63) is 71.0 Å². The number of carbonyl (C=O) groups excluding carboxylic acids is 1. The number of amides is 1. The van der Waals surface area contributed by atoms with Crippen molar-refractivity contribution < 1.29 is 18.1 Å². The lowest BCUT2D eigenvalue weighted by Crippen LogP contribution is -2.47. The molecule has 2 aromatic heterocycles. The van der Waals surface area contributed by atoms with Gasteiger partial charge >= 0.3 is 0 Å². The first-order valence-corrected chi connectivity index (χ1v) is 9.36. The maximum Gasteiger partial charge on any atom is 0.276 e. The molecular formula is C21H22FN3O3. The molecule has 1 atom stereocenters. The van der Waals surface area contributed by atoms with Gasteiger partial charge in [-0.05, 0) is 38.3 Å². The fraction of sp³-hybridized carbons (Fsp3) is 0.381. The predicted octanol–water partition coefficient (Wildman–Crippen LogP) is 3.89. The largest absolute Gasteiger partial charge is 0.445 e. The third-order valence-corrected chi connectivity index (χ3v) is 5.22. The first-order valence-electron chi connectivity index (χ1n) is 9.36. The molecule has 3 heterocycles. The van der Waals surface area contributed by atoms with Gasteiger partial charge in [0.05, 0.1) is 11.6 Å². The molecule has 1 saturated heterocycles. The Morgan fingerprint density at radius 1 is 1.36 bits per heavy atom. The van der Waals surface area contributed by atoms with E-state index in [1.165, 1.54) is 6.07 Å². The van der Waals surface area contributed by atoms with E-state index in [-0.39, 0.29) is 11.7 Å². The van der Waals surface area contributed by atoms with E-state index in [1.807, 2.05) is 6.92 Å². The van der Waals surface area contributed by atoms with Crippen LogP contribution in [0.25, 0.3) is 0 Å². The average Bonchev–Trinajstić information content (AvgIpc) is 3.33. The Balaban J connectivity index is 1.51. The maximum atomic E-state index is 13.9. The second-order valence-corrected chi connectivity index (χ2v) is 7.61. The number of halogens is 1. The van der Waals surface area contributed by atoms with E-state index in [4.69, 9.17) is 8.94 Å². The van der Waals surface area contributed by atoms with Crippen LogP contribution in [-0.4, -0.2) is 34.0 Å². The molecule has 1 aliphatic rings. The van der Waals surface area contributed by atoms with E-state index >= 15 is 0 Å². The third-order valence-electron chi connectivity index (χ3n) is 5.22. The van der Waals surface area contributed by atoms with Crippen molar-refractivity contribution in [2.24, 2.45) is 0 Å². The summed E-state index contributed by atoms with van der Waals surface area (Å²) < 4.78 is 24.9. The number of oxazole rings is 1. The highest BCUT2D eigenvalue weighted by molar-refractivity contribution is 5.92. The topological polar surface area (TPSA) is 72.4 Å². The summed E-state index contributed by atoms with van der Waals surface area (Å²) in [6.45, 7) is 4.94. The molecule has 0 spiro atoms. The van der Waals surface area contributed by atoms with Gasteiger partial charge in [-0.3, -0.25) is 4.79 Å². The van der Waals surface area contributed by atoms with Crippen LogP contribution < -0.4 is 0 Å². The minimum Gasteiger partial charge on any atom is -0.445 e. The number of carbonyl (C=O) groups is 1. The lowest BCUT2D eigenvalue weighted by Gasteiger charge is -2.38. The molecule has 3 aromatic rings. The molecule has 7 heteroatoms. The van der Waals surface area contributed by atoms with Crippen LogP contribution in [0.1, 0.15) is 53.2 Å². The van der Waals surface area contributed by atoms with E-state index < -0.39 is 5.41 Å². The zero-order valence-electron chi connectivity index (χ0n) is 15.9. The zero-order chi connectivity index (χ0) is 19.7. The summed E-state index contributed by atoms with van der Waals surface area (Å²) in [6, 6.07) is 8.28. The van der Waals surface area contributed by atoms with Crippen LogP contribution >= 0.6 is 0 Å². The number of nitrogens with zero attached hydrogens (tertiary/aromatic N) is 3. The van der Waals surface area contributed by atoms with E-state index in [0.29, 0.717) is 48.2 Å². The highest BCUT2D eigenvalue weighted by Crippen LogP contribution is 2.34. The van der Waals surface area contributed by atoms with Gasteiger partial charge in [0.25, 0.3) is 5.91 Å². The number of aromatic nitrogens is 2. The van der Waals surface area contributed by atoms with Crippen LogP contribution in [0.3, 0.4) is 0 Å². The number of hydrogen-bond donors (Lipinski definition) is 0. The molecule has 1 amide bonds. The first kappa shape index (κ1) is 18.4. The van der Waals surface area contributed by atoms with Crippen molar-refractivity contribution in [2.45, 2.75) is 38.5 Å². The molecular weight excluding hydrogens is 361 g/mol. The summed E-state index contributed by atoms with van der Waals surface area (Å²) >= 11 is 0. The minimum atomic E-state index is -0.403. The van der Waals surface area contributed by atoms with Crippen molar-refractivity contribution in [1.29, 1.82) is 0 Å². The predicted molar refractivity (Wildman–Crippen MR) is 99.4 cm³/mol. The second kappa shape index (κ2) is 7.22. The van der Waals surface area contributed by atoms with Gasteiger partial charge in [-0.15, -0.1) is 0 Å². The Morgan fingerprint density at radius 2 is 2.18 bits per heavy atom. The number of aryl methyl sites for hydroxylation is 1. The molecule has 0 saturated carbocycles. The van der Waals surface area contributed by atoms with Gasteiger partial charge < -0.3 is 13.8 Å². The van der Waals surface area contributed by atoms with Crippen LogP contribution in [0, 0.1) is 12.7 Å². The number of rotatable bonds is 4. The van der Waals surface area contributed by atoms with Crippen LogP contribution in [0.2, 0.25) is 0 Å². The fourth-order valence-corrected chi connectivity index (χ4v) is 3.71. The van der Waals surface area contributed by atoms with Crippen molar-refractivity contribution in [1.82, 2.24) is 15.0 Å². The van der Waals surface area contributed by atoms with Crippen LogP contribution in [0.4, 0.5) is 4.39 Å². The van der Waals surface area contributed by atoms with Crippen molar-refractivity contribution in [3.8, 4) is 0 Å². The molecule has 0 unspecified atom stereocenters. The molecule has 6 nitrogen and oxygen atoms in total. The van der Waals surface area contributed by atoms with Gasteiger partial charge in [-0.1, -0.05) is 23.4 Å². The monoisotopic (exact) mass is 383 g/mol. The number of hydrogen-bond acceptors (Lipinski definition) is 5. The van der Waals surface area contributed by atoms with Crippen molar-refractivity contribution >= 4 is 5.91 Å². The lowest BCUT2D eigenvalue weighted by molar-refractivity contribution is 0.0615. The standard InChI is InChI=1S/C21H22FN3O3/c1-14-10-18(24-28-14)19(26)25-9-5-8-21(2,13-25)20-23-12-16(27-20)11-15-6-3-4-7-17(15)22/h3-4,6-7,10,12H,5,8-9,11,13H2,1-2H3/t21-/m1/s1. The Hall–Kier alpha value is -2.96. The molecule has 1 aromatic carbocycles. The lowest BCUT2D eigenvalue weighted by atomic mass is 9.81. The SMILES string of the molecule is Cc1cc(C(=O)N2CCC[C@@](C)(c3ncc(Cc4ccccc4F)o3)C2)no1. The summed E-state index contributed by atoms with van der Waals surface area (Å²) in [7, 11) is 0. The summed E-state index contributed by atoms with van der Waals surface area (Å²) in [5, 5.41) is 3.83. The second-order valence-electron chi connectivity index (χ2n) is 7.61. The Morgan fingerprint density at radius 3 is 2.93 bits per heavy atom. The first-order chi connectivity index (χ1) is 13.4. The highest BCUT2D eigenvalue weighted by Gasteiger charge is 2.39. The smallest absolute Gasteiger partial charge is 0.276 e. The summed E-state index contributed by atoms with van der Waals surface area (Å²) in [6.07, 6.45) is 3.68. The van der Waals surface area contributed by atoms with E-state index in [0.717, 1.165) is 12.8 Å². The molecule has 0 bridgehead atoms. The number of benzene rings is 1. The number of likely N-dealkylation sites (tertiary alicyclic amines) is 1. The summed E-state index contributed by atoms with van der Waals surface area (Å²) in [5.74, 6) is 1.38. The van der Waals surface area contributed by atoms with Crippen molar-refractivity contribution in [2.75, 3.05) is 13.1 Å². The van der Waals surface area contributed by atoms with Crippen LogP contribution in [0.5, 0.6) is 0 Å². The fourth-order valence-electron chi connectivity index (χ4n) is 3.71. The van der Waals surface area contributed by atoms with E-state index in [2.05, 4.69) is 10.1 Å². The van der Waals surface area contributed by atoms with E-state index in [1.54, 1.807) is 42.3 Å². The molecule has 0 radical (unpaired) electrons. The Labute approximate surface area is 162 Å². The zero-order valence-corrected chi connectivity index (χ0v) is 15.9. The molecule has 4 rings (SSSR count). The molecule has 146 valence electrons. The summed E-state index contributed by atoms with van der Waals surface area (Å²) in [4.78, 5) is 18.9. The van der Waals surface area contributed by atoms with Crippen LogP contribution in [-0.2, 0) is 11.8 Å². The van der Waals surface area contributed by atoms with Gasteiger partial charge in [0.1, 0.15) is 17.3 Å². The highest BCUT2D eigenvalue weighted by atomic mass is 19.1. The number of piperidine rings is 1. The molecule has 1 fully saturated rings. The Kier molecular flexibility index (Phi) is 4.75. The van der Waals surface area contributed by atoms with Gasteiger partial charge in [0.2, 0.25) is 5.89 Å². The minimum absolute atomic E-state index is 0.152. The quantitative estimate of drug-likeness (QED) is 0.683. The van der Waals surface area contributed by atoms with Gasteiger partial charge in [0.15, 0.2) is 5.69 Å². The molecule has 0 N–H and O–H groups in total. The molecule has 1 aliphatic heterocycles. The Bertz CT molecular complexity index is 996. The van der Waals surface area contributed by atoms with Gasteiger partial charge in [-0.25, -0.2) is 9.37 Å². The van der Waals surface area contributed by atoms with Crippen molar-refractivity contribution in [3.63, 3.8) is 0 Å². The van der Waals surface area contributed by atoms with Gasteiger partial charge in [-0.2, -0.15) is 0 Å². The average molecular weight is 383 g/mol. The molecule has 28 heavy (non-hydrogen) atoms. The maximum absolute atomic E-state index is 13.9. The van der Waals surface area contributed by atoms with Crippen LogP contribution in [0.15, 0.2) is 45.5 Å². The normalized spacial score (nSPS) is 19.8. The third kappa shape index (κ3) is 3.56. The van der Waals surface area contributed by atoms with E-state index in [9.17, 15) is 9.18 Å².